The van der Waals surface area contributed by atoms with Gasteiger partial charge in [0, 0.05) is 18.8 Å². The third-order valence-corrected chi connectivity index (χ3v) is 3.45. The Kier molecular flexibility index (Phi) is 4.76. The predicted molar refractivity (Wildman–Crippen MR) is 92.9 cm³/mol. The summed E-state index contributed by atoms with van der Waals surface area (Å²) < 4.78 is 10.3. The Morgan fingerprint density at radius 3 is 2.67 bits per heavy atom. The van der Waals surface area contributed by atoms with Gasteiger partial charge < -0.3 is 20.1 Å². The topological polar surface area (TPSA) is 97.0 Å². The van der Waals surface area contributed by atoms with Crippen LogP contribution in [0.2, 0.25) is 0 Å². The van der Waals surface area contributed by atoms with E-state index in [0.29, 0.717) is 24.0 Å². The number of benzene rings is 1. The highest BCUT2D eigenvalue weighted by molar-refractivity contribution is 5.89. The molecule has 2 heterocycles. The van der Waals surface area contributed by atoms with Crippen molar-refractivity contribution in [3.63, 3.8) is 0 Å². The van der Waals surface area contributed by atoms with Crippen molar-refractivity contribution in [1.29, 1.82) is 0 Å². The second kappa shape index (κ2) is 7.14. The van der Waals surface area contributed by atoms with E-state index in [0.717, 1.165) is 16.8 Å². The second-order valence-corrected chi connectivity index (χ2v) is 5.38. The molecule has 8 heteroatoms. The Morgan fingerprint density at radius 2 is 1.96 bits per heavy atom. The molecule has 2 aromatic heterocycles. The van der Waals surface area contributed by atoms with Gasteiger partial charge in [0.15, 0.2) is 5.65 Å². The molecule has 3 N–H and O–H groups in total. The first-order valence-electron chi connectivity index (χ1n) is 7.57. The number of hydrogen-bond donors (Lipinski definition) is 3. The average molecular weight is 328 g/mol. The molecule has 8 nitrogen and oxygen atoms in total. The molecule has 24 heavy (non-hydrogen) atoms. The fourth-order valence-electron chi connectivity index (χ4n) is 2.32. The Labute approximate surface area is 139 Å². The summed E-state index contributed by atoms with van der Waals surface area (Å²) in [6, 6.07) is 7.71. The van der Waals surface area contributed by atoms with Gasteiger partial charge in [0.05, 0.1) is 25.3 Å². The Balaban J connectivity index is 1.88. The van der Waals surface area contributed by atoms with Crippen molar-refractivity contribution in [2.24, 2.45) is 0 Å². The molecule has 0 spiro atoms. The van der Waals surface area contributed by atoms with Crippen molar-refractivity contribution in [2.45, 2.75) is 13.0 Å². The maximum Gasteiger partial charge on any atom is 0.227 e. The third kappa shape index (κ3) is 3.54. The van der Waals surface area contributed by atoms with E-state index in [-0.39, 0.29) is 6.04 Å². The van der Waals surface area contributed by atoms with Crippen molar-refractivity contribution >= 4 is 28.5 Å². The zero-order chi connectivity index (χ0) is 16.9. The van der Waals surface area contributed by atoms with Gasteiger partial charge in [-0.1, -0.05) is 0 Å². The van der Waals surface area contributed by atoms with Crippen molar-refractivity contribution < 1.29 is 9.47 Å². The molecule has 126 valence electrons. The monoisotopic (exact) mass is 328 g/mol. The van der Waals surface area contributed by atoms with E-state index in [1.54, 1.807) is 20.4 Å². The molecule has 0 saturated heterocycles. The standard InChI is InChI=1S/C16H20N6O2/c1-10(9-23-2)18-16-20-14(13-8-17-22-15(13)21-16)19-11-4-6-12(24-3)7-5-11/h4-8,10H,9H2,1-3H3,(H3,17,18,19,20,21,22). The fraction of sp³-hybridized carbons (Fsp3) is 0.312. The van der Waals surface area contributed by atoms with Crippen LogP contribution >= 0.6 is 0 Å². The summed E-state index contributed by atoms with van der Waals surface area (Å²) in [6.07, 6.45) is 1.70. The smallest absolute Gasteiger partial charge is 0.227 e. The molecule has 1 unspecified atom stereocenters. The molecule has 0 amide bonds. The average Bonchev–Trinajstić information content (AvgIpc) is 3.04. The second-order valence-electron chi connectivity index (χ2n) is 5.38. The Hall–Kier alpha value is -2.87. The van der Waals surface area contributed by atoms with Crippen molar-refractivity contribution in [1.82, 2.24) is 20.2 Å². The lowest BCUT2D eigenvalue weighted by molar-refractivity contribution is 0.190. The maximum atomic E-state index is 5.17. The highest BCUT2D eigenvalue weighted by atomic mass is 16.5. The van der Waals surface area contributed by atoms with Gasteiger partial charge in [0.25, 0.3) is 0 Å². The van der Waals surface area contributed by atoms with Crippen molar-refractivity contribution in [3.8, 4) is 5.75 Å². The van der Waals surface area contributed by atoms with E-state index in [1.165, 1.54) is 0 Å². The molecule has 3 aromatic rings. The summed E-state index contributed by atoms with van der Waals surface area (Å²) in [5.74, 6) is 1.98. The van der Waals surface area contributed by atoms with Gasteiger partial charge in [-0.3, -0.25) is 5.10 Å². The molecular weight excluding hydrogens is 308 g/mol. The Bertz CT molecular complexity index is 802. The number of nitrogens with zero attached hydrogens (tertiary/aromatic N) is 3. The molecule has 3 rings (SSSR count). The predicted octanol–water partition coefficient (Wildman–Crippen LogP) is 2.55. The zero-order valence-corrected chi connectivity index (χ0v) is 13.8. The van der Waals surface area contributed by atoms with Crippen LogP contribution in [-0.2, 0) is 4.74 Å². The van der Waals surface area contributed by atoms with E-state index in [9.17, 15) is 0 Å². The lowest BCUT2D eigenvalue weighted by atomic mass is 10.3. The number of H-pyrrole nitrogens is 1. The minimum atomic E-state index is 0.0872. The first kappa shape index (κ1) is 16.0. The van der Waals surface area contributed by atoms with Crippen LogP contribution in [-0.4, -0.2) is 47.0 Å². The summed E-state index contributed by atoms with van der Waals surface area (Å²) in [5, 5.41) is 14.2. The van der Waals surface area contributed by atoms with Crippen LogP contribution in [0.15, 0.2) is 30.5 Å². The van der Waals surface area contributed by atoms with Crippen LogP contribution in [0.3, 0.4) is 0 Å². The summed E-state index contributed by atoms with van der Waals surface area (Å²) >= 11 is 0. The van der Waals surface area contributed by atoms with Gasteiger partial charge >= 0.3 is 0 Å². The zero-order valence-electron chi connectivity index (χ0n) is 13.8. The van der Waals surface area contributed by atoms with Gasteiger partial charge in [-0.05, 0) is 31.2 Å². The molecule has 0 aliphatic carbocycles. The number of methoxy groups -OCH3 is 2. The largest absolute Gasteiger partial charge is 0.497 e. The van der Waals surface area contributed by atoms with Gasteiger partial charge in [-0.15, -0.1) is 0 Å². The van der Waals surface area contributed by atoms with E-state index >= 15 is 0 Å². The summed E-state index contributed by atoms with van der Waals surface area (Å²) in [4.78, 5) is 8.98. The number of fused-ring (bicyclic) bond motifs is 1. The lowest BCUT2D eigenvalue weighted by Gasteiger charge is -2.14. The molecule has 1 atom stereocenters. The molecule has 0 saturated carbocycles. The van der Waals surface area contributed by atoms with E-state index in [4.69, 9.17) is 9.47 Å². The summed E-state index contributed by atoms with van der Waals surface area (Å²) in [7, 11) is 3.30. The minimum Gasteiger partial charge on any atom is -0.497 e. The van der Waals surface area contributed by atoms with Crippen LogP contribution in [0, 0.1) is 0 Å². The molecule has 1 aromatic carbocycles. The molecule has 0 radical (unpaired) electrons. The van der Waals surface area contributed by atoms with Crippen LogP contribution in [0.4, 0.5) is 17.5 Å². The van der Waals surface area contributed by atoms with E-state index in [1.807, 2.05) is 31.2 Å². The molecule has 0 fully saturated rings. The highest BCUT2D eigenvalue weighted by Crippen LogP contribution is 2.25. The fourth-order valence-corrected chi connectivity index (χ4v) is 2.32. The first-order chi connectivity index (χ1) is 11.7. The molecule has 0 aliphatic heterocycles. The summed E-state index contributed by atoms with van der Waals surface area (Å²) in [6.45, 7) is 2.56. The van der Waals surface area contributed by atoms with E-state index in [2.05, 4.69) is 30.8 Å². The number of aromatic amines is 1. The summed E-state index contributed by atoms with van der Waals surface area (Å²) in [5.41, 5.74) is 1.56. The van der Waals surface area contributed by atoms with Gasteiger partial charge in [-0.2, -0.15) is 15.1 Å². The first-order valence-corrected chi connectivity index (χ1v) is 7.57. The molecule has 0 bridgehead atoms. The lowest BCUT2D eigenvalue weighted by Crippen LogP contribution is -2.22. The van der Waals surface area contributed by atoms with Crippen LogP contribution in [0.25, 0.3) is 11.0 Å². The third-order valence-electron chi connectivity index (χ3n) is 3.45. The minimum absolute atomic E-state index is 0.0872. The van der Waals surface area contributed by atoms with Crippen molar-refractivity contribution in [3.05, 3.63) is 30.5 Å². The number of nitrogens with one attached hydrogen (secondary N) is 3. The van der Waals surface area contributed by atoms with Gasteiger partial charge in [0.2, 0.25) is 5.95 Å². The maximum absolute atomic E-state index is 5.17. The normalized spacial score (nSPS) is 12.1. The highest BCUT2D eigenvalue weighted by Gasteiger charge is 2.11. The van der Waals surface area contributed by atoms with Crippen molar-refractivity contribution in [2.75, 3.05) is 31.5 Å². The van der Waals surface area contributed by atoms with Crippen LogP contribution < -0.4 is 15.4 Å². The number of aromatic nitrogens is 4. The molecular formula is C16H20N6O2. The van der Waals surface area contributed by atoms with Gasteiger partial charge in [-0.25, -0.2) is 0 Å². The Morgan fingerprint density at radius 1 is 1.17 bits per heavy atom. The van der Waals surface area contributed by atoms with Gasteiger partial charge in [0.1, 0.15) is 11.6 Å². The van der Waals surface area contributed by atoms with Crippen LogP contribution in [0.1, 0.15) is 6.92 Å². The number of rotatable bonds is 7. The number of ether oxygens (including phenoxy) is 2. The number of anilines is 3. The van der Waals surface area contributed by atoms with Crippen LogP contribution in [0.5, 0.6) is 5.75 Å². The number of hydrogen-bond acceptors (Lipinski definition) is 7. The van der Waals surface area contributed by atoms with E-state index < -0.39 is 0 Å². The molecule has 0 aliphatic rings. The SMILES string of the molecule is COCC(C)Nc1nc(Nc2ccc(OC)cc2)c2cn[nH]c2n1. The quantitative estimate of drug-likeness (QED) is 0.613.